The summed E-state index contributed by atoms with van der Waals surface area (Å²) in [4.78, 5) is 18.9. The molecule has 29 heavy (non-hydrogen) atoms. The Morgan fingerprint density at radius 3 is 2.79 bits per heavy atom. The standard InChI is InChI=1S/C21H24N6OS/c1-13(12-27-8-7-14(2)24-27)11-22-21(28)16-10-17(18-6-5-9-29-18)23-20-19(16)15(3)25-26(20)4/h5-10,13H,11-12H2,1-4H3,(H,22,28). The molecular weight excluding hydrogens is 384 g/mol. The number of thiophene rings is 1. The average Bonchev–Trinajstić information content (AvgIpc) is 3.41. The number of aromatic nitrogens is 5. The van der Waals surface area contributed by atoms with Crippen molar-refractivity contribution < 1.29 is 4.79 Å². The number of aryl methyl sites for hydroxylation is 3. The third-order valence-corrected chi connectivity index (χ3v) is 5.76. The Morgan fingerprint density at radius 1 is 1.28 bits per heavy atom. The number of rotatable bonds is 6. The first-order valence-corrected chi connectivity index (χ1v) is 10.5. The van der Waals surface area contributed by atoms with Crippen molar-refractivity contribution in [3.8, 4) is 10.6 Å². The Balaban J connectivity index is 1.59. The molecule has 4 rings (SSSR count). The number of carbonyl (C=O) groups is 1. The third kappa shape index (κ3) is 3.93. The molecule has 8 heteroatoms. The fourth-order valence-electron chi connectivity index (χ4n) is 3.49. The van der Waals surface area contributed by atoms with Crippen LogP contribution >= 0.6 is 11.3 Å². The van der Waals surface area contributed by atoms with Crippen LogP contribution in [0.5, 0.6) is 0 Å². The molecule has 4 aromatic heterocycles. The van der Waals surface area contributed by atoms with Crippen LogP contribution < -0.4 is 5.32 Å². The van der Waals surface area contributed by atoms with Crippen molar-refractivity contribution in [3.05, 3.63) is 52.8 Å². The summed E-state index contributed by atoms with van der Waals surface area (Å²) in [5.74, 6) is 0.150. The van der Waals surface area contributed by atoms with E-state index in [1.165, 1.54) is 0 Å². The molecule has 4 aromatic rings. The van der Waals surface area contributed by atoms with Gasteiger partial charge in [0.2, 0.25) is 0 Å². The lowest BCUT2D eigenvalue weighted by Gasteiger charge is -2.14. The quantitative estimate of drug-likeness (QED) is 0.529. The monoisotopic (exact) mass is 408 g/mol. The van der Waals surface area contributed by atoms with Gasteiger partial charge in [-0.2, -0.15) is 10.2 Å². The smallest absolute Gasteiger partial charge is 0.252 e. The van der Waals surface area contributed by atoms with E-state index in [2.05, 4.69) is 22.4 Å². The molecule has 0 aliphatic carbocycles. The Bertz CT molecular complexity index is 1160. The van der Waals surface area contributed by atoms with Crippen molar-refractivity contribution in [1.29, 1.82) is 0 Å². The summed E-state index contributed by atoms with van der Waals surface area (Å²) in [6.45, 7) is 7.31. The minimum atomic E-state index is -0.102. The van der Waals surface area contributed by atoms with E-state index in [-0.39, 0.29) is 11.8 Å². The second kappa shape index (κ2) is 7.79. The molecule has 7 nitrogen and oxygen atoms in total. The molecule has 0 aromatic carbocycles. The molecule has 0 aliphatic heterocycles. The van der Waals surface area contributed by atoms with Crippen LogP contribution in [-0.4, -0.2) is 37.0 Å². The topological polar surface area (TPSA) is 77.6 Å². The van der Waals surface area contributed by atoms with Crippen molar-refractivity contribution in [2.75, 3.05) is 6.54 Å². The normalized spacial score (nSPS) is 12.4. The molecule has 0 spiro atoms. The van der Waals surface area contributed by atoms with Crippen LogP contribution in [0.3, 0.4) is 0 Å². The fraction of sp³-hybridized carbons (Fsp3) is 0.333. The molecule has 1 atom stereocenters. The van der Waals surface area contributed by atoms with E-state index in [0.717, 1.165) is 39.5 Å². The molecule has 1 unspecified atom stereocenters. The Kier molecular flexibility index (Phi) is 5.19. The highest BCUT2D eigenvalue weighted by atomic mass is 32.1. The van der Waals surface area contributed by atoms with Crippen LogP contribution in [0.15, 0.2) is 35.8 Å². The van der Waals surface area contributed by atoms with Gasteiger partial charge in [-0.15, -0.1) is 11.3 Å². The summed E-state index contributed by atoms with van der Waals surface area (Å²) in [5, 5.41) is 14.8. The first-order chi connectivity index (χ1) is 13.9. The van der Waals surface area contributed by atoms with Gasteiger partial charge in [-0.1, -0.05) is 13.0 Å². The van der Waals surface area contributed by atoms with Crippen molar-refractivity contribution in [3.63, 3.8) is 0 Å². The summed E-state index contributed by atoms with van der Waals surface area (Å²) < 4.78 is 3.65. The van der Waals surface area contributed by atoms with Crippen LogP contribution in [0.25, 0.3) is 21.6 Å². The Labute approximate surface area is 173 Å². The first kappa shape index (κ1) is 19.3. The highest BCUT2D eigenvalue weighted by molar-refractivity contribution is 7.13. The van der Waals surface area contributed by atoms with Gasteiger partial charge in [0.25, 0.3) is 5.91 Å². The maximum absolute atomic E-state index is 13.1. The number of pyridine rings is 1. The SMILES string of the molecule is Cc1ccn(CC(C)CNC(=O)c2cc(-c3cccs3)nc3c2c(C)nn3C)n1. The summed E-state index contributed by atoms with van der Waals surface area (Å²) in [6.07, 6.45) is 1.96. The maximum Gasteiger partial charge on any atom is 0.252 e. The number of hydrogen-bond acceptors (Lipinski definition) is 5. The van der Waals surface area contributed by atoms with E-state index in [1.54, 1.807) is 16.0 Å². The molecule has 0 fully saturated rings. The molecule has 0 aliphatic rings. The van der Waals surface area contributed by atoms with Gasteiger partial charge in [0.1, 0.15) is 0 Å². The van der Waals surface area contributed by atoms with Crippen LogP contribution in [0.1, 0.15) is 28.7 Å². The van der Waals surface area contributed by atoms with Crippen LogP contribution in [-0.2, 0) is 13.6 Å². The largest absolute Gasteiger partial charge is 0.352 e. The summed E-state index contributed by atoms with van der Waals surface area (Å²) >= 11 is 1.61. The highest BCUT2D eigenvalue weighted by Crippen LogP contribution is 2.29. The molecule has 1 N–H and O–H groups in total. The zero-order chi connectivity index (χ0) is 20.5. The van der Waals surface area contributed by atoms with Crippen LogP contribution in [0.2, 0.25) is 0 Å². The fourth-order valence-corrected chi connectivity index (χ4v) is 4.17. The molecule has 4 heterocycles. The summed E-state index contributed by atoms with van der Waals surface area (Å²) in [6, 6.07) is 7.85. The van der Waals surface area contributed by atoms with Crippen molar-refractivity contribution >= 4 is 28.3 Å². The minimum absolute atomic E-state index is 0.102. The molecule has 0 bridgehead atoms. The van der Waals surface area contributed by atoms with E-state index < -0.39 is 0 Å². The third-order valence-electron chi connectivity index (χ3n) is 4.87. The first-order valence-electron chi connectivity index (χ1n) is 9.59. The molecular formula is C21H24N6OS. The molecule has 150 valence electrons. The number of fused-ring (bicyclic) bond motifs is 1. The number of amides is 1. The van der Waals surface area contributed by atoms with Gasteiger partial charge in [-0.3, -0.25) is 14.2 Å². The van der Waals surface area contributed by atoms with E-state index >= 15 is 0 Å². The minimum Gasteiger partial charge on any atom is -0.352 e. The van der Waals surface area contributed by atoms with Gasteiger partial charge in [-0.05, 0) is 43.3 Å². The molecule has 0 radical (unpaired) electrons. The summed E-state index contributed by atoms with van der Waals surface area (Å²) in [7, 11) is 1.86. The van der Waals surface area contributed by atoms with E-state index in [9.17, 15) is 4.79 Å². The molecule has 0 saturated carbocycles. The van der Waals surface area contributed by atoms with Crippen LogP contribution in [0, 0.1) is 19.8 Å². The van der Waals surface area contributed by atoms with E-state index in [4.69, 9.17) is 4.98 Å². The summed E-state index contributed by atoms with van der Waals surface area (Å²) in [5.41, 5.74) is 3.93. The lowest BCUT2D eigenvalue weighted by molar-refractivity contribution is 0.0948. The van der Waals surface area contributed by atoms with E-state index in [0.29, 0.717) is 12.1 Å². The lowest BCUT2D eigenvalue weighted by Crippen LogP contribution is -2.30. The average molecular weight is 409 g/mol. The van der Waals surface area contributed by atoms with Gasteiger partial charge in [0, 0.05) is 26.3 Å². The van der Waals surface area contributed by atoms with Gasteiger partial charge < -0.3 is 5.32 Å². The van der Waals surface area contributed by atoms with Crippen molar-refractivity contribution in [2.24, 2.45) is 13.0 Å². The number of hydrogen-bond donors (Lipinski definition) is 1. The predicted octanol–water partition coefficient (Wildman–Crippen LogP) is 3.58. The maximum atomic E-state index is 13.1. The van der Waals surface area contributed by atoms with Gasteiger partial charge >= 0.3 is 0 Å². The Hall–Kier alpha value is -3.00. The molecule has 0 saturated heterocycles. The predicted molar refractivity (Wildman–Crippen MR) is 115 cm³/mol. The number of nitrogens with zero attached hydrogens (tertiary/aromatic N) is 5. The highest BCUT2D eigenvalue weighted by Gasteiger charge is 2.20. The zero-order valence-electron chi connectivity index (χ0n) is 17.0. The van der Waals surface area contributed by atoms with Crippen LogP contribution in [0.4, 0.5) is 0 Å². The second-order valence-corrected chi connectivity index (χ2v) is 8.38. The zero-order valence-corrected chi connectivity index (χ0v) is 17.8. The van der Waals surface area contributed by atoms with Gasteiger partial charge in [-0.25, -0.2) is 4.98 Å². The lowest BCUT2D eigenvalue weighted by atomic mass is 10.1. The second-order valence-electron chi connectivity index (χ2n) is 7.43. The number of nitrogens with one attached hydrogen (secondary N) is 1. The van der Waals surface area contributed by atoms with Gasteiger partial charge in [0.05, 0.1) is 32.9 Å². The Morgan fingerprint density at radius 2 is 2.10 bits per heavy atom. The van der Waals surface area contributed by atoms with Crippen molar-refractivity contribution in [1.82, 2.24) is 29.9 Å². The van der Waals surface area contributed by atoms with E-state index in [1.807, 2.05) is 61.4 Å². The molecule has 1 amide bonds. The van der Waals surface area contributed by atoms with Crippen molar-refractivity contribution in [2.45, 2.75) is 27.3 Å². The van der Waals surface area contributed by atoms with Gasteiger partial charge in [0.15, 0.2) is 5.65 Å². The number of carbonyl (C=O) groups excluding carboxylic acids is 1.